The zero-order valence-electron chi connectivity index (χ0n) is 21.5. The standard InChI is InChI=1S/C27H33N7O3/c1-4-33-11-13-34(14-12-33)17-21-5-6-23(15-19(21)2)32-27(36)31-22-7-9-24(10-8-22)37-26-16-25(28-18-29-26)30-20(3)35/h5-10,15-16,18H,4,11-14,17H2,1-3H3,(H2,31,32,36)(H,28,29,30,35). The quantitative estimate of drug-likeness (QED) is 0.420. The number of urea groups is 1. The first-order valence-corrected chi connectivity index (χ1v) is 12.4. The first-order valence-electron chi connectivity index (χ1n) is 12.4. The van der Waals surface area contributed by atoms with E-state index in [2.05, 4.69) is 55.6 Å². The number of rotatable bonds is 8. The van der Waals surface area contributed by atoms with Gasteiger partial charge in [-0.15, -0.1) is 0 Å². The Morgan fingerprint density at radius 1 is 0.892 bits per heavy atom. The van der Waals surface area contributed by atoms with Gasteiger partial charge in [0, 0.05) is 57.1 Å². The number of aromatic nitrogens is 2. The second-order valence-electron chi connectivity index (χ2n) is 8.98. The van der Waals surface area contributed by atoms with Crippen molar-refractivity contribution >= 4 is 29.1 Å². The maximum absolute atomic E-state index is 12.5. The molecule has 1 fully saturated rings. The van der Waals surface area contributed by atoms with E-state index in [9.17, 15) is 9.59 Å². The predicted molar refractivity (Wildman–Crippen MR) is 144 cm³/mol. The molecule has 3 amide bonds. The lowest BCUT2D eigenvalue weighted by molar-refractivity contribution is -0.114. The molecule has 1 saturated heterocycles. The Morgan fingerprint density at radius 2 is 1.57 bits per heavy atom. The average Bonchev–Trinajstić information content (AvgIpc) is 2.87. The molecule has 0 spiro atoms. The monoisotopic (exact) mass is 503 g/mol. The minimum Gasteiger partial charge on any atom is -0.439 e. The Hall–Kier alpha value is -4.02. The molecule has 1 aliphatic heterocycles. The third kappa shape index (κ3) is 7.73. The maximum atomic E-state index is 12.5. The van der Waals surface area contributed by atoms with Crippen LogP contribution in [0.4, 0.5) is 22.0 Å². The van der Waals surface area contributed by atoms with Gasteiger partial charge >= 0.3 is 6.03 Å². The Labute approximate surface area is 217 Å². The first kappa shape index (κ1) is 26.1. The minimum absolute atomic E-state index is 0.231. The molecule has 0 aliphatic carbocycles. The summed E-state index contributed by atoms with van der Waals surface area (Å²) in [6, 6.07) is 14.1. The average molecular weight is 504 g/mol. The summed E-state index contributed by atoms with van der Waals surface area (Å²) in [5, 5.41) is 8.31. The molecule has 0 bridgehead atoms. The molecule has 0 saturated carbocycles. The molecule has 1 aromatic heterocycles. The van der Waals surface area contributed by atoms with E-state index in [4.69, 9.17) is 4.74 Å². The Balaban J connectivity index is 1.28. The molecule has 37 heavy (non-hydrogen) atoms. The molecule has 3 N–H and O–H groups in total. The second-order valence-corrected chi connectivity index (χ2v) is 8.98. The molecule has 1 aliphatic rings. The summed E-state index contributed by atoms with van der Waals surface area (Å²) in [6.45, 7) is 12.1. The SMILES string of the molecule is CCN1CCN(Cc2ccc(NC(=O)Nc3ccc(Oc4cc(NC(C)=O)ncn4)cc3)cc2C)CC1. The fourth-order valence-electron chi connectivity index (χ4n) is 4.12. The van der Waals surface area contributed by atoms with Gasteiger partial charge in [-0.2, -0.15) is 0 Å². The molecule has 10 nitrogen and oxygen atoms in total. The van der Waals surface area contributed by atoms with Crippen molar-refractivity contribution in [3.05, 3.63) is 66.0 Å². The van der Waals surface area contributed by atoms with E-state index in [1.54, 1.807) is 24.3 Å². The summed E-state index contributed by atoms with van der Waals surface area (Å²) in [5.41, 5.74) is 3.79. The van der Waals surface area contributed by atoms with Crippen LogP contribution in [0.5, 0.6) is 11.6 Å². The van der Waals surface area contributed by atoms with Gasteiger partial charge < -0.3 is 25.6 Å². The lowest BCUT2D eigenvalue weighted by atomic mass is 10.1. The summed E-state index contributed by atoms with van der Waals surface area (Å²) >= 11 is 0. The summed E-state index contributed by atoms with van der Waals surface area (Å²) in [4.78, 5) is 36.7. The van der Waals surface area contributed by atoms with Crippen molar-refractivity contribution in [3.63, 3.8) is 0 Å². The van der Waals surface area contributed by atoms with Gasteiger partial charge in [-0.05, 0) is 61.0 Å². The Bertz CT molecular complexity index is 1220. The van der Waals surface area contributed by atoms with Crippen molar-refractivity contribution in [2.45, 2.75) is 27.3 Å². The van der Waals surface area contributed by atoms with Crippen molar-refractivity contribution in [2.75, 3.05) is 48.7 Å². The third-order valence-corrected chi connectivity index (χ3v) is 6.19. The number of piperazine rings is 1. The van der Waals surface area contributed by atoms with Gasteiger partial charge in [0.05, 0.1) is 0 Å². The minimum atomic E-state index is -0.327. The van der Waals surface area contributed by atoms with Crippen LogP contribution in [0.2, 0.25) is 0 Å². The molecule has 2 aromatic carbocycles. The zero-order chi connectivity index (χ0) is 26.2. The van der Waals surface area contributed by atoms with Gasteiger partial charge in [-0.3, -0.25) is 9.69 Å². The number of carbonyl (C=O) groups excluding carboxylic acids is 2. The number of nitrogens with zero attached hydrogens (tertiary/aromatic N) is 4. The highest BCUT2D eigenvalue weighted by molar-refractivity contribution is 5.99. The fourth-order valence-corrected chi connectivity index (χ4v) is 4.12. The molecule has 10 heteroatoms. The van der Waals surface area contributed by atoms with Crippen molar-refractivity contribution in [2.24, 2.45) is 0 Å². The van der Waals surface area contributed by atoms with Crippen LogP contribution in [0.3, 0.4) is 0 Å². The molecular formula is C27H33N7O3. The summed E-state index contributed by atoms with van der Waals surface area (Å²) < 4.78 is 5.71. The molecule has 0 radical (unpaired) electrons. The summed E-state index contributed by atoms with van der Waals surface area (Å²) in [5.74, 6) is 0.941. The van der Waals surface area contributed by atoms with Gasteiger partial charge in [0.2, 0.25) is 11.8 Å². The molecule has 194 valence electrons. The van der Waals surface area contributed by atoms with Crippen LogP contribution in [0, 0.1) is 6.92 Å². The highest BCUT2D eigenvalue weighted by Crippen LogP contribution is 2.23. The second kappa shape index (κ2) is 12.3. The van der Waals surface area contributed by atoms with E-state index in [1.165, 1.54) is 24.9 Å². The van der Waals surface area contributed by atoms with E-state index in [1.807, 2.05) is 12.1 Å². The van der Waals surface area contributed by atoms with E-state index < -0.39 is 0 Å². The third-order valence-electron chi connectivity index (χ3n) is 6.19. The normalized spacial score (nSPS) is 14.1. The van der Waals surface area contributed by atoms with E-state index in [0.717, 1.165) is 50.5 Å². The van der Waals surface area contributed by atoms with E-state index in [0.29, 0.717) is 23.1 Å². The van der Waals surface area contributed by atoms with Crippen molar-refractivity contribution in [1.29, 1.82) is 0 Å². The van der Waals surface area contributed by atoms with Gasteiger partial charge in [-0.25, -0.2) is 14.8 Å². The Kier molecular flexibility index (Phi) is 8.65. The van der Waals surface area contributed by atoms with Crippen molar-refractivity contribution in [1.82, 2.24) is 19.8 Å². The molecular weight excluding hydrogens is 470 g/mol. The van der Waals surface area contributed by atoms with Crippen LogP contribution in [-0.2, 0) is 11.3 Å². The highest BCUT2D eigenvalue weighted by Gasteiger charge is 2.16. The molecule has 2 heterocycles. The first-order chi connectivity index (χ1) is 17.9. The van der Waals surface area contributed by atoms with Gasteiger partial charge in [-0.1, -0.05) is 13.0 Å². The van der Waals surface area contributed by atoms with E-state index >= 15 is 0 Å². The van der Waals surface area contributed by atoms with Crippen LogP contribution in [0.25, 0.3) is 0 Å². The van der Waals surface area contributed by atoms with Crippen LogP contribution in [-0.4, -0.2) is 64.4 Å². The number of nitrogens with one attached hydrogen (secondary N) is 3. The van der Waals surface area contributed by atoms with Crippen molar-refractivity contribution in [3.8, 4) is 11.6 Å². The number of aryl methyl sites for hydroxylation is 1. The number of carbonyl (C=O) groups is 2. The number of hydrogen-bond acceptors (Lipinski definition) is 7. The number of likely N-dealkylation sites (N-methyl/N-ethyl adjacent to an activating group) is 1. The highest BCUT2D eigenvalue weighted by atomic mass is 16.5. The number of amides is 3. The zero-order valence-corrected chi connectivity index (χ0v) is 21.5. The molecule has 0 unspecified atom stereocenters. The van der Waals surface area contributed by atoms with Gasteiger partial charge in [0.25, 0.3) is 0 Å². The Morgan fingerprint density at radius 3 is 2.24 bits per heavy atom. The maximum Gasteiger partial charge on any atom is 0.323 e. The van der Waals surface area contributed by atoms with Gasteiger partial charge in [0.15, 0.2) is 0 Å². The number of benzene rings is 2. The summed E-state index contributed by atoms with van der Waals surface area (Å²) in [6.07, 6.45) is 1.31. The smallest absolute Gasteiger partial charge is 0.323 e. The predicted octanol–water partition coefficient (Wildman–Crippen LogP) is 4.32. The fraction of sp³-hybridized carbons (Fsp3) is 0.333. The number of anilines is 3. The molecule has 3 aromatic rings. The van der Waals surface area contributed by atoms with Crippen LogP contribution < -0.4 is 20.7 Å². The number of ether oxygens (including phenoxy) is 1. The lowest BCUT2D eigenvalue weighted by Crippen LogP contribution is -2.45. The largest absolute Gasteiger partial charge is 0.439 e. The van der Waals surface area contributed by atoms with Crippen LogP contribution in [0.1, 0.15) is 25.0 Å². The van der Waals surface area contributed by atoms with Gasteiger partial charge in [0.1, 0.15) is 17.9 Å². The van der Waals surface area contributed by atoms with Crippen LogP contribution >= 0.6 is 0 Å². The molecule has 0 atom stereocenters. The molecule has 4 rings (SSSR count). The van der Waals surface area contributed by atoms with Crippen LogP contribution in [0.15, 0.2) is 54.9 Å². The summed E-state index contributed by atoms with van der Waals surface area (Å²) in [7, 11) is 0. The lowest BCUT2D eigenvalue weighted by Gasteiger charge is -2.34. The van der Waals surface area contributed by atoms with Crippen molar-refractivity contribution < 1.29 is 14.3 Å². The van der Waals surface area contributed by atoms with E-state index in [-0.39, 0.29) is 11.9 Å². The topological polar surface area (TPSA) is 112 Å². The number of hydrogen-bond donors (Lipinski definition) is 3.